The molecule has 0 heterocycles. The van der Waals surface area contributed by atoms with Crippen molar-refractivity contribution >= 4 is 6.08 Å². The summed E-state index contributed by atoms with van der Waals surface area (Å²) in [7, 11) is 0. The summed E-state index contributed by atoms with van der Waals surface area (Å²) in [5.41, 5.74) is 6.40. The molecular formula is C11H18Cl2N2. The van der Waals surface area contributed by atoms with Crippen molar-refractivity contribution in [1.82, 2.24) is 0 Å². The molecule has 0 aliphatic heterocycles. The minimum absolute atomic E-state index is 0. The minimum atomic E-state index is 0. The molecule has 1 aromatic carbocycles. The van der Waals surface area contributed by atoms with E-state index >= 15 is 0 Å². The van der Waals surface area contributed by atoms with Crippen molar-refractivity contribution in [2.24, 2.45) is 0 Å². The lowest BCUT2D eigenvalue weighted by molar-refractivity contribution is -0.684. The lowest BCUT2D eigenvalue weighted by Gasteiger charge is -2.03. The molecule has 0 fully saturated rings. The number of quaternary nitrogens is 2. The zero-order valence-electron chi connectivity index (χ0n) is 8.76. The van der Waals surface area contributed by atoms with Gasteiger partial charge in [0.2, 0.25) is 0 Å². The summed E-state index contributed by atoms with van der Waals surface area (Å²) in [5, 5.41) is 2.27. The van der Waals surface area contributed by atoms with Gasteiger partial charge in [-0.3, -0.25) is 0 Å². The van der Waals surface area contributed by atoms with Crippen molar-refractivity contribution in [2.75, 3.05) is 13.1 Å². The van der Waals surface area contributed by atoms with Gasteiger partial charge in [0.1, 0.15) is 19.6 Å². The van der Waals surface area contributed by atoms with Crippen LogP contribution in [-0.4, -0.2) is 13.1 Å². The monoisotopic (exact) mass is 248 g/mol. The summed E-state index contributed by atoms with van der Waals surface area (Å²) in [5.74, 6) is 0. The molecule has 1 aromatic rings. The van der Waals surface area contributed by atoms with Crippen LogP contribution in [0.3, 0.4) is 0 Å². The van der Waals surface area contributed by atoms with E-state index in [2.05, 4.69) is 35.8 Å². The maximum Gasteiger partial charge on any atom is 0.125 e. The molecule has 4 heteroatoms. The Labute approximate surface area is 104 Å². The van der Waals surface area contributed by atoms with Crippen LogP contribution in [0.2, 0.25) is 0 Å². The Kier molecular flexibility index (Phi) is 11.2. The zero-order chi connectivity index (χ0) is 9.52. The largest absolute Gasteiger partial charge is 1.00 e. The second kappa shape index (κ2) is 9.99. The van der Waals surface area contributed by atoms with Gasteiger partial charge in [-0.05, 0) is 5.56 Å². The smallest absolute Gasteiger partial charge is 0.125 e. The Morgan fingerprint density at radius 2 is 1.93 bits per heavy atom. The van der Waals surface area contributed by atoms with Crippen molar-refractivity contribution in [3.63, 3.8) is 0 Å². The van der Waals surface area contributed by atoms with Gasteiger partial charge in [-0.15, -0.1) is 0 Å². The molecule has 0 aromatic heterocycles. The number of hydrogen-bond acceptors (Lipinski definition) is 0. The first-order valence-corrected chi connectivity index (χ1v) is 4.69. The second-order valence-electron chi connectivity index (χ2n) is 3.04. The fourth-order valence-electron chi connectivity index (χ4n) is 1.32. The molecule has 2 nitrogen and oxygen atoms in total. The maximum atomic E-state index is 3.81. The molecule has 0 bridgehead atoms. The number of benzene rings is 1. The topological polar surface area (TPSA) is 44.2 Å². The van der Waals surface area contributed by atoms with Gasteiger partial charge < -0.3 is 35.9 Å². The molecule has 0 unspecified atom stereocenters. The molecule has 0 aliphatic carbocycles. The molecule has 0 atom stereocenters. The van der Waals surface area contributed by atoms with Crippen LogP contribution < -0.4 is 35.9 Å². The molecule has 5 N–H and O–H groups in total. The summed E-state index contributed by atoms with van der Waals surface area (Å²) >= 11 is 0. The second-order valence-corrected chi connectivity index (χ2v) is 3.04. The molecule has 0 aliphatic rings. The van der Waals surface area contributed by atoms with Gasteiger partial charge in [0.25, 0.3) is 0 Å². The van der Waals surface area contributed by atoms with E-state index in [1.54, 1.807) is 0 Å². The van der Waals surface area contributed by atoms with E-state index in [1.807, 2.05) is 12.1 Å². The molecule has 0 amide bonds. The summed E-state index contributed by atoms with van der Waals surface area (Å²) < 4.78 is 0. The lowest BCUT2D eigenvalue weighted by atomic mass is 10.1. The van der Waals surface area contributed by atoms with Crippen LogP contribution in [0, 0.1) is 0 Å². The number of halogens is 2. The van der Waals surface area contributed by atoms with Crippen LogP contribution in [0.1, 0.15) is 11.1 Å². The third kappa shape index (κ3) is 5.80. The van der Waals surface area contributed by atoms with Crippen molar-refractivity contribution in [1.29, 1.82) is 0 Å². The van der Waals surface area contributed by atoms with E-state index in [1.165, 1.54) is 11.1 Å². The van der Waals surface area contributed by atoms with Gasteiger partial charge in [0.05, 0.1) is 0 Å². The number of rotatable bonds is 5. The molecular weight excluding hydrogens is 231 g/mol. The van der Waals surface area contributed by atoms with Gasteiger partial charge in [-0.25, -0.2) is 0 Å². The average molecular weight is 249 g/mol. The first-order valence-electron chi connectivity index (χ1n) is 4.69. The predicted octanol–water partition coefficient (Wildman–Crippen LogP) is -6.36. The van der Waals surface area contributed by atoms with Crippen LogP contribution in [-0.2, 0) is 6.54 Å². The Bertz CT molecular complexity index is 277. The van der Waals surface area contributed by atoms with E-state index in [0.29, 0.717) is 0 Å². The molecule has 15 heavy (non-hydrogen) atoms. The zero-order valence-corrected chi connectivity index (χ0v) is 10.3. The summed E-state index contributed by atoms with van der Waals surface area (Å²) in [6.45, 7) is 6.89. The summed E-state index contributed by atoms with van der Waals surface area (Å²) in [4.78, 5) is 0. The highest BCUT2D eigenvalue weighted by atomic mass is 35.5. The molecule has 0 saturated heterocycles. The highest BCUT2D eigenvalue weighted by Gasteiger charge is 1.99. The quantitative estimate of drug-likeness (QED) is 0.488. The van der Waals surface area contributed by atoms with Crippen LogP contribution in [0.5, 0.6) is 0 Å². The Balaban J connectivity index is 0. The van der Waals surface area contributed by atoms with E-state index < -0.39 is 0 Å². The molecule has 0 saturated carbocycles. The highest BCUT2D eigenvalue weighted by Crippen LogP contribution is 2.07. The van der Waals surface area contributed by atoms with Crippen molar-refractivity contribution in [3.05, 3.63) is 42.0 Å². The van der Waals surface area contributed by atoms with Gasteiger partial charge in [0.15, 0.2) is 0 Å². The molecule has 1 rings (SSSR count). The lowest BCUT2D eigenvalue weighted by Crippen LogP contribution is -3.00. The SMILES string of the molecule is C=Cc1ccccc1C[NH2+]CC[NH3+].[Cl-].[Cl-]. The van der Waals surface area contributed by atoms with E-state index in [-0.39, 0.29) is 24.8 Å². The first kappa shape index (κ1) is 16.9. The number of hydrogen-bond donors (Lipinski definition) is 2. The van der Waals surface area contributed by atoms with Crippen molar-refractivity contribution in [2.45, 2.75) is 6.54 Å². The van der Waals surface area contributed by atoms with Crippen molar-refractivity contribution < 1.29 is 35.9 Å². The first-order chi connectivity index (χ1) is 6.38. The van der Waals surface area contributed by atoms with E-state index in [9.17, 15) is 0 Å². The van der Waals surface area contributed by atoms with E-state index in [0.717, 1.165) is 19.6 Å². The van der Waals surface area contributed by atoms with Crippen molar-refractivity contribution in [3.8, 4) is 0 Å². The van der Waals surface area contributed by atoms with Crippen LogP contribution in [0.25, 0.3) is 6.08 Å². The van der Waals surface area contributed by atoms with Gasteiger partial charge in [0, 0.05) is 5.56 Å². The standard InChI is InChI=1S/C11H16N2.2ClH/c1-2-10-5-3-4-6-11(10)9-13-8-7-12;;/h2-6,13H,1,7-9,12H2;2*1H. The Morgan fingerprint density at radius 1 is 1.27 bits per heavy atom. The normalized spacial score (nSPS) is 8.60. The van der Waals surface area contributed by atoms with Crippen LogP contribution >= 0.6 is 0 Å². The summed E-state index contributed by atoms with van der Waals surface area (Å²) in [6, 6.07) is 8.36. The molecule has 0 spiro atoms. The van der Waals surface area contributed by atoms with Gasteiger partial charge in [-0.1, -0.05) is 36.9 Å². The van der Waals surface area contributed by atoms with Crippen LogP contribution in [0.4, 0.5) is 0 Å². The molecule has 86 valence electrons. The predicted molar refractivity (Wildman–Crippen MR) is 54.8 cm³/mol. The van der Waals surface area contributed by atoms with E-state index in [4.69, 9.17) is 0 Å². The average Bonchev–Trinajstić information content (AvgIpc) is 2.19. The highest BCUT2D eigenvalue weighted by molar-refractivity contribution is 5.51. The fourth-order valence-corrected chi connectivity index (χ4v) is 1.32. The minimum Gasteiger partial charge on any atom is -1.00 e. The third-order valence-electron chi connectivity index (χ3n) is 2.05. The Hall–Kier alpha value is -0.540. The number of nitrogens with two attached hydrogens (primary N) is 1. The Morgan fingerprint density at radius 3 is 2.53 bits per heavy atom. The van der Waals surface area contributed by atoms with Gasteiger partial charge >= 0.3 is 0 Å². The molecule has 0 radical (unpaired) electrons. The maximum absolute atomic E-state index is 3.81. The van der Waals surface area contributed by atoms with Gasteiger partial charge in [-0.2, -0.15) is 0 Å². The third-order valence-corrected chi connectivity index (χ3v) is 2.05. The fraction of sp³-hybridized carbons (Fsp3) is 0.273. The van der Waals surface area contributed by atoms with Crippen LogP contribution in [0.15, 0.2) is 30.8 Å². The summed E-state index contributed by atoms with van der Waals surface area (Å²) in [6.07, 6.45) is 1.91.